The van der Waals surface area contributed by atoms with Crippen LogP contribution in [-0.2, 0) is 0 Å². The Kier molecular flexibility index (Phi) is 250. The van der Waals surface area contributed by atoms with E-state index in [1.165, 1.54) is 0 Å². The summed E-state index contributed by atoms with van der Waals surface area (Å²) in [7, 11) is 0. The Morgan fingerprint density at radius 2 is 1.20 bits per heavy atom. The SMILES string of the molecule is C.O.[AlH3].[Ca+2].[H-].[H-].[La]. The van der Waals surface area contributed by atoms with Gasteiger partial charge in [0.05, 0.1) is 0 Å². The maximum Gasteiger partial charge on any atom is 2.00 e. The minimum absolute atomic E-state index is 0. The molecule has 1 nitrogen and oxygen atoms in total. The van der Waals surface area contributed by atoms with Crippen LogP contribution in [0.5, 0.6) is 0 Å². The summed E-state index contributed by atoms with van der Waals surface area (Å²) < 4.78 is 0. The van der Waals surface area contributed by atoms with Gasteiger partial charge in [-0.25, -0.2) is 0 Å². The van der Waals surface area contributed by atoms with Gasteiger partial charge in [-0.05, 0) is 0 Å². The van der Waals surface area contributed by atoms with Gasteiger partial charge >= 0.3 is 37.7 Å². The molecular weight excluding hydrogens is 234 g/mol. The molecule has 29 valence electrons. The van der Waals surface area contributed by atoms with Crippen LogP contribution in [0.1, 0.15) is 10.3 Å². The second kappa shape index (κ2) is 28.3. The van der Waals surface area contributed by atoms with Crippen molar-refractivity contribution in [3.63, 3.8) is 0 Å². The Labute approximate surface area is 104 Å². The molecular formula is CH11AlCaLaO. The van der Waals surface area contributed by atoms with Gasteiger partial charge in [0.2, 0.25) is 0 Å². The minimum atomic E-state index is 0. The molecule has 0 unspecified atom stereocenters. The van der Waals surface area contributed by atoms with E-state index in [2.05, 4.69) is 0 Å². The van der Waals surface area contributed by atoms with Crippen LogP contribution in [0.3, 0.4) is 0 Å². The predicted octanol–water partition coefficient (Wildman–Crippen LogP) is -1.53. The van der Waals surface area contributed by atoms with Crippen molar-refractivity contribution in [3.8, 4) is 0 Å². The van der Waals surface area contributed by atoms with Gasteiger partial charge in [0.25, 0.3) is 0 Å². The van der Waals surface area contributed by atoms with E-state index in [-0.39, 0.29) is 106 Å². The molecule has 4 heteroatoms. The fourth-order valence-electron chi connectivity index (χ4n) is 0. The zero-order valence-electron chi connectivity index (χ0n) is 3.78. The van der Waals surface area contributed by atoms with Crippen molar-refractivity contribution in [2.75, 3.05) is 0 Å². The van der Waals surface area contributed by atoms with Crippen molar-refractivity contribution >= 4 is 55.1 Å². The third kappa shape index (κ3) is 19.6. The first kappa shape index (κ1) is 44.2. The average molecular weight is 245 g/mol. The maximum atomic E-state index is 0. The molecule has 0 aromatic rings. The molecule has 0 atom stereocenters. The molecule has 5 heavy (non-hydrogen) atoms. The van der Waals surface area contributed by atoms with Crippen LogP contribution in [0.2, 0.25) is 0 Å². The molecule has 0 heterocycles. The molecule has 0 saturated heterocycles. The third-order valence-corrected chi connectivity index (χ3v) is 0. The van der Waals surface area contributed by atoms with Gasteiger partial charge in [-0.3, -0.25) is 0 Å². The number of hydrogen-bond donors (Lipinski definition) is 0. The maximum absolute atomic E-state index is 0. The normalized spacial score (nSPS) is 0. The average Bonchev–Trinajstić information content (AvgIpc) is 0. The van der Waals surface area contributed by atoms with E-state index in [0.717, 1.165) is 0 Å². The zero-order chi connectivity index (χ0) is 0. The van der Waals surface area contributed by atoms with Crippen LogP contribution in [0, 0.1) is 35.6 Å². The summed E-state index contributed by atoms with van der Waals surface area (Å²) in [6, 6.07) is 0. The fraction of sp³-hybridized carbons (Fsp3) is 1.00. The largest absolute Gasteiger partial charge is 2.00 e. The van der Waals surface area contributed by atoms with Gasteiger partial charge in [-0.1, -0.05) is 7.43 Å². The van der Waals surface area contributed by atoms with Crippen molar-refractivity contribution in [3.05, 3.63) is 0 Å². The fourth-order valence-corrected chi connectivity index (χ4v) is 0. The molecule has 0 aliphatic rings. The standard InChI is InChI=1S/CH4.Al.Ca.La.H2O.5H/h1H4;;;;1H2;;;;;/q;;+2;;;;;;2*-1. The van der Waals surface area contributed by atoms with Gasteiger partial charge in [-0.15, -0.1) is 0 Å². The minimum Gasteiger partial charge on any atom is -1.00 e. The van der Waals surface area contributed by atoms with Crippen LogP contribution in [0.4, 0.5) is 0 Å². The molecule has 0 aliphatic heterocycles. The van der Waals surface area contributed by atoms with Gasteiger partial charge < -0.3 is 8.33 Å². The Hall–Kier alpha value is 2.95. The molecule has 0 saturated carbocycles. The topological polar surface area (TPSA) is 31.5 Å². The molecule has 0 aliphatic carbocycles. The van der Waals surface area contributed by atoms with Crippen molar-refractivity contribution in [1.82, 2.24) is 0 Å². The summed E-state index contributed by atoms with van der Waals surface area (Å²) in [5, 5.41) is 0. The molecule has 0 amide bonds. The van der Waals surface area contributed by atoms with Gasteiger partial charge in [0.1, 0.15) is 0 Å². The van der Waals surface area contributed by atoms with Crippen LogP contribution in [0.25, 0.3) is 0 Å². The first-order valence-corrected chi connectivity index (χ1v) is 0. The first-order valence-electron chi connectivity index (χ1n) is 0. The van der Waals surface area contributed by atoms with Crippen molar-refractivity contribution in [2.24, 2.45) is 0 Å². The second-order valence-electron chi connectivity index (χ2n) is 0. The summed E-state index contributed by atoms with van der Waals surface area (Å²) in [6.07, 6.45) is 0. The molecule has 0 aromatic heterocycles. The number of rotatable bonds is 0. The summed E-state index contributed by atoms with van der Waals surface area (Å²) >= 11 is 0. The van der Waals surface area contributed by atoms with E-state index >= 15 is 0 Å². The van der Waals surface area contributed by atoms with Crippen molar-refractivity contribution in [1.29, 1.82) is 0 Å². The molecule has 0 bridgehead atoms. The Balaban J connectivity index is 0. The van der Waals surface area contributed by atoms with E-state index < -0.39 is 0 Å². The number of hydrogen-bond acceptors (Lipinski definition) is 0. The quantitative estimate of drug-likeness (QED) is 0.464. The van der Waals surface area contributed by atoms with Crippen LogP contribution in [0.15, 0.2) is 0 Å². The van der Waals surface area contributed by atoms with E-state index in [9.17, 15) is 0 Å². The molecule has 0 fully saturated rings. The zero-order valence-corrected chi connectivity index (χ0v) is 7.62. The monoisotopic (exact) mass is 245 g/mol. The van der Waals surface area contributed by atoms with Crippen LogP contribution >= 0.6 is 0 Å². The molecule has 0 rings (SSSR count). The van der Waals surface area contributed by atoms with Gasteiger partial charge in [-0.2, -0.15) is 0 Å². The van der Waals surface area contributed by atoms with Gasteiger partial charge in [0, 0.05) is 35.6 Å². The molecule has 1 radical (unpaired) electrons. The summed E-state index contributed by atoms with van der Waals surface area (Å²) in [5.41, 5.74) is 0. The van der Waals surface area contributed by atoms with Crippen molar-refractivity contribution < 1.29 is 43.9 Å². The van der Waals surface area contributed by atoms with E-state index in [0.29, 0.717) is 0 Å². The Morgan fingerprint density at radius 3 is 1.20 bits per heavy atom. The van der Waals surface area contributed by atoms with E-state index in [1.807, 2.05) is 0 Å². The van der Waals surface area contributed by atoms with E-state index in [1.54, 1.807) is 0 Å². The summed E-state index contributed by atoms with van der Waals surface area (Å²) in [4.78, 5) is 0. The van der Waals surface area contributed by atoms with Crippen LogP contribution < -0.4 is 0 Å². The van der Waals surface area contributed by atoms with E-state index in [4.69, 9.17) is 0 Å². The van der Waals surface area contributed by atoms with Crippen LogP contribution in [-0.4, -0.2) is 60.6 Å². The first-order chi connectivity index (χ1) is 0. The Bertz CT molecular complexity index is 17.7. The predicted molar refractivity (Wildman–Crippen MR) is 28.3 cm³/mol. The smallest absolute Gasteiger partial charge is 1.00 e. The van der Waals surface area contributed by atoms with Gasteiger partial charge in [0.15, 0.2) is 17.4 Å². The molecule has 2 N–H and O–H groups in total. The molecule has 0 spiro atoms. The second-order valence-corrected chi connectivity index (χ2v) is 0. The molecule has 0 aromatic carbocycles. The third-order valence-electron chi connectivity index (χ3n) is 0. The summed E-state index contributed by atoms with van der Waals surface area (Å²) in [6.45, 7) is 0. The Morgan fingerprint density at radius 1 is 1.20 bits per heavy atom. The summed E-state index contributed by atoms with van der Waals surface area (Å²) in [5.74, 6) is 0. The van der Waals surface area contributed by atoms with Crippen molar-refractivity contribution in [2.45, 2.75) is 7.43 Å².